The van der Waals surface area contributed by atoms with E-state index in [1.807, 2.05) is 17.1 Å². The molecule has 3 heterocycles. The normalized spacial score (nSPS) is 23.7. The molecule has 2 fully saturated rings. The molecule has 1 aliphatic carbocycles. The molecule has 1 N–H and O–H groups in total. The number of hydrogen-bond donors (Lipinski definition) is 1. The van der Waals surface area contributed by atoms with Gasteiger partial charge in [-0.1, -0.05) is 12.2 Å². The molecule has 2 unspecified atom stereocenters. The van der Waals surface area contributed by atoms with E-state index in [-0.39, 0.29) is 5.60 Å². The molecule has 2 aliphatic rings. The molecule has 2 aromatic heterocycles. The van der Waals surface area contributed by atoms with Crippen LogP contribution in [-0.4, -0.2) is 52.2 Å². The molecule has 2 bridgehead atoms. The molecule has 35 heavy (non-hydrogen) atoms. The number of halogens is 1. The molecular weight excluding hydrogens is 555 g/mol. The van der Waals surface area contributed by atoms with E-state index >= 15 is 0 Å². The summed E-state index contributed by atoms with van der Waals surface area (Å²) in [6.45, 7) is 11.9. The van der Waals surface area contributed by atoms with Crippen molar-refractivity contribution in [1.29, 1.82) is 0 Å². The summed E-state index contributed by atoms with van der Waals surface area (Å²) in [6, 6.07) is 4.42. The number of methoxy groups -OCH3 is 1. The lowest BCUT2D eigenvalue weighted by molar-refractivity contribution is 0.0393. The molecule has 186 valence electrons. The summed E-state index contributed by atoms with van der Waals surface area (Å²) in [6.07, 6.45) is 8.94. The number of nitrogens with one attached hydrogen (secondary N) is 1. The molecule has 0 radical (unpaired) electrons. The van der Waals surface area contributed by atoms with E-state index in [0.29, 0.717) is 24.4 Å². The van der Waals surface area contributed by atoms with Gasteiger partial charge >= 0.3 is 0 Å². The van der Waals surface area contributed by atoms with Crippen molar-refractivity contribution in [2.75, 3.05) is 37.0 Å². The first kappa shape index (κ1) is 24.5. The van der Waals surface area contributed by atoms with E-state index in [4.69, 9.17) is 12.8 Å². The fourth-order valence-electron chi connectivity index (χ4n) is 5.59. The Bertz CT molecular complexity index is 1210. The first-order valence-electron chi connectivity index (χ1n) is 12.2. The third-order valence-corrected chi connectivity index (χ3v) is 8.65. The van der Waals surface area contributed by atoms with Gasteiger partial charge < -0.3 is 18.0 Å². The maximum absolute atomic E-state index is 5.96. The SMILES string of the molecule is C=C(CCn1cc(Nc2ncc3cc(C)c(N4CC5CCC(C4)C5(C)OI)cc3n2)cn1)COC. The minimum absolute atomic E-state index is 0.0114. The van der Waals surface area contributed by atoms with Gasteiger partial charge in [0.25, 0.3) is 0 Å². The van der Waals surface area contributed by atoms with E-state index in [2.05, 4.69) is 75.9 Å². The van der Waals surface area contributed by atoms with Crippen molar-refractivity contribution < 1.29 is 7.80 Å². The van der Waals surface area contributed by atoms with Gasteiger partial charge in [0.2, 0.25) is 5.95 Å². The molecule has 1 aliphatic heterocycles. The van der Waals surface area contributed by atoms with Crippen molar-refractivity contribution in [3.63, 3.8) is 0 Å². The van der Waals surface area contributed by atoms with Gasteiger partial charge in [-0.25, -0.2) is 9.97 Å². The Morgan fingerprint density at radius 1 is 1.26 bits per heavy atom. The molecule has 1 saturated heterocycles. The van der Waals surface area contributed by atoms with Crippen LogP contribution >= 0.6 is 23.0 Å². The van der Waals surface area contributed by atoms with Gasteiger partial charge in [-0.05, 0) is 50.8 Å². The summed E-state index contributed by atoms with van der Waals surface area (Å²) in [7, 11) is 1.68. The van der Waals surface area contributed by atoms with Crippen LogP contribution in [0.4, 0.5) is 17.3 Å². The average molecular weight is 588 g/mol. The summed E-state index contributed by atoms with van der Waals surface area (Å²) < 4.78 is 13.0. The molecule has 2 atom stereocenters. The molecule has 0 spiro atoms. The quantitative estimate of drug-likeness (QED) is 0.264. The molecule has 1 aromatic carbocycles. The largest absolute Gasteiger partial charge is 0.380 e. The molecule has 1 saturated carbocycles. The van der Waals surface area contributed by atoms with Crippen LogP contribution in [-0.2, 0) is 14.3 Å². The molecule has 9 heteroatoms. The highest BCUT2D eigenvalue weighted by Gasteiger charge is 2.52. The Morgan fingerprint density at radius 3 is 2.74 bits per heavy atom. The van der Waals surface area contributed by atoms with Crippen molar-refractivity contribution in [3.8, 4) is 0 Å². The van der Waals surface area contributed by atoms with Crippen molar-refractivity contribution in [2.24, 2.45) is 11.8 Å². The lowest BCUT2D eigenvalue weighted by atomic mass is 9.81. The fraction of sp³-hybridized carbons (Fsp3) is 0.500. The predicted molar refractivity (Wildman–Crippen MR) is 147 cm³/mol. The van der Waals surface area contributed by atoms with Crippen molar-refractivity contribution in [1.82, 2.24) is 19.7 Å². The number of fused-ring (bicyclic) bond motifs is 3. The van der Waals surface area contributed by atoms with Crippen LogP contribution in [0.5, 0.6) is 0 Å². The van der Waals surface area contributed by atoms with Crippen LogP contribution in [0, 0.1) is 18.8 Å². The predicted octanol–water partition coefficient (Wildman–Crippen LogP) is 5.44. The number of piperidine rings is 1. The summed E-state index contributed by atoms with van der Waals surface area (Å²) in [4.78, 5) is 11.9. The summed E-state index contributed by atoms with van der Waals surface area (Å²) in [5.74, 6) is 1.68. The maximum Gasteiger partial charge on any atom is 0.227 e. The fourth-order valence-corrected chi connectivity index (χ4v) is 6.31. The van der Waals surface area contributed by atoms with Crippen molar-refractivity contribution in [3.05, 3.63) is 48.4 Å². The lowest BCUT2D eigenvalue weighted by Gasteiger charge is -2.45. The van der Waals surface area contributed by atoms with Crippen LogP contribution < -0.4 is 10.2 Å². The van der Waals surface area contributed by atoms with Crippen molar-refractivity contribution >= 4 is 51.2 Å². The molecule has 0 amide bonds. The Balaban J connectivity index is 1.32. The second-order valence-corrected chi connectivity index (χ2v) is 10.5. The zero-order valence-corrected chi connectivity index (χ0v) is 22.8. The van der Waals surface area contributed by atoms with Gasteiger partial charge in [-0.3, -0.25) is 4.68 Å². The molecule has 8 nitrogen and oxygen atoms in total. The topological polar surface area (TPSA) is 77.3 Å². The highest BCUT2D eigenvalue weighted by molar-refractivity contribution is 14.1. The Morgan fingerprint density at radius 2 is 2.03 bits per heavy atom. The van der Waals surface area contributed by atoms with Gasteiger partial charge in [0.05, 0.1) is 29.6 Å². The average Bonchev–Trinajstić information content (AvgIpc) is 3.33. The van der Waals surface area contributed by atoms with Gasteiger partial charge in [0, 0.05) is 62.0 Å². The lowest BCUT2D eigenvalue weighted by Crippen LogP contribution is -2.52. The minimum atomic E-state index is -0.0114. The number of ether oxygens (including phenoxy) is 1. The van der Waals surface area contributed by atoms with E-state index in [9.17, 15) is 0 Å². The highest BCUT2D eigenvalue weighted by Crippen LogP contribution is 2.49. The number of aryl methyl sites for hydroxylation is 2. The summed E-state index contributed by atoms with van der Waals surface area (Å²) >= 11 is 2.10. The first-order valence-corrected chi connectivity index (χ1v) is 13.0. The number of anilines is 3. The number of benzene rings is 1. The van der Waals surface area contributed by atoms with E-state index in [1.165, 1.54) is 24.1 Å². The number of hydrogen-bond acceptors (Lipinski definition) is 7. The van der Waals surface area contributed by atoms with Gasteiger partial charge in [-0.15, -0.1) is 0 Å². The van der Waals surface area contributed by atoms with Crippen LogP contribution in [0.3, 0.4) is 0 Å². The Labute approximate surface area is 220 Å². The minimum Gasteiger partial charge on any atom is -0.380 e. The monoisotopic (exact) mass is 588 g/mol. The highest BCUT2D eigenvalue weighted by atomic mass is 127. The zero-order chi connectivity index (χ0) is 24.6. The number of nitrogens with zero attached hydrogens (tertiary/aromatic N) is 5. The Kier molecular flexibility index (Phi) is 7.00. The van der Waals surface area contributed by atoms with Crippen LogP contribution in [0.1, 0.15) is 31.7 Å². The smallest absolute Gasteiger partial charge is 0.227 e. The van der Waals surface area contributed by atoms with E-state index in [1.54, 1.807) is 13.3 Å². The van der Waals surface area contributed by atoms with Gasteiger partial charge in [0.15, 0.2) is 0 Å². The Hall–Kier alpha value is -2.24. The van der Waals surface area contributed by atoms with Crippen LogP contribution in [0.15, 0.2) is 42.9 Å². The third-order valence-electron chi connectivity index (χ3n) is 7.70. The third kappa shape index (κ3) is 4.90. The van der Waals surface area contributed by atoms with E-state index < -0.39 is 0 Å². The zero-order valence-electron chi connectivity index (χ0n) is 20.6. The second-order valence-electron chi connectivity index (χ2n) is 10.1. The molecular formula is C26H33IN6O2. The second kappa shape index (κ2) is 10.0. The first-order chi connectivity index (χ1) is 16.9. The molecule has 3 aromatic rings. The van der Waals surface area contributed by atoms with E-state index in [0.717, 1.165) is 48.2 Å². The summed E-state index contributed by atoms with van der Waals surface area (Å²) in [5, 5.41) is 8.78. The number of aromatic nitrogens is 4. The van der Waals surface area contributed by atoms with Gasteiger partial charge in [-0.2, -0.15) is 5.10 Å². The molecule has 5 rings (SSSR count). The van der Waals surface area contributed by atoms with Crippen LogP contribution in [0.25, 0.3) is 10.9 Å². The van der Waals surface area contributed by atoms with Crippen molar-refractivity contribution in [2.45, 2.75) is 45.3 Å². The van der Waals surface area contributed by atoms with Gasteiger partial charge in [0.1, 0.15) is 23.0 Å². The maximum atomic E-state index is 5.96. The summed E-state index contributed by atoms with van der Waals surface area (Å²) in [5.41, 5.74) is 5.37. The standard InChI is InChI=1S/C26H33IN6O2/c1-17(16-34-4)7-8-33-15-22(12-29-33)30-25-28-11-19-9-18(2)24(10-23(19)31-25)32-13-20-5-6-21(14-32)26(20,3)35-27/h9-12,15,20-21H,1,5-8,13-14,16H2,2-4H3,(H,28,30,31). The number of rotatable bonds is 9. The van der Waals surface area contributed by atoms with Crippen LogP contribution in [0.2, 0.25) is 0 Å².